The van der Waals surface area contributed by atoms with Crippen LogP contribution in [0.25, 0.3) is 0 Å². The van der Waals surface area contributed by atoms with Crippen LogP contribution in [-0.4, -0.2) is 137 Å². The molecule has 41 heavy (non-hydrogen) atoms. The van der Waals surface area contributed by atoms with Crippen LogP contribution in [0, 0.1) is 41.4 Å². The Morgan fingerprint density at radius 2 is 1.46 bits per heavy atom. The van der Waals surface area contributed by atoms with Gasteiger partial charge in [0.15, 0.2) is 12.6 Å². The van der Waals surface area contributed by atoms with Crippen LogP contribution in [0.1, 0.15) is 57.8 Å². The Labute approximate surface area is 241 Å². The lowest BCUT2D eigenvalue weighted by atomic mass is 9.48. The number of aliphatic hydroxyl groups excluding tert-OH is 8. The molecule has 10 N–H and O–H groups in total. The average Bonchev–Trinajstić information content (AvgIpc) is 2.88. The maximum atomic E-state index is 11.8. The van der Waals surface area contributed by atoms with Crippen LogP contribution in [0.3, 0.4) is 0 Å². The van der Waals surface area contributed by atoms with E-state index in [0.717, 1.165) is 0 Å². The molecule has 0 aromatic rings. The number of fused-ring (bicyclic) bond motifs is 3. The molecule has 0 spiro atoms. The van der Waals surface area contributed by atoms with E-state index in [-0.39, 0.29) is 42.9 Å². The van der Waals surface area contributed by atoms with E-state index in [1.807, 2.05) is 14.1 Å². The zero-order valence-corrected chi connectivity index (χ0v) is 24.0. The zero-order chi connectivity index (χ0) is 30.0. The summed E-state index contributed by atoms with van der Waals surface area (Å²) >= 11 is 0. The molecule has 5 aliphatic carbocycles. The summed E-state index contributed by atoms with van der Waals surface area (Å²) in [5.41, 5.74) is -2.17. The number of nitrogens with zero attached hydrogens (tertiary/aromatic N) is 1. The van der Waals surface area contributed by atoms with E-state index in [2.05, 4.69) is 4.90 Å². The van der Waals surface area contributed by atoms with Crippen LogP contribution < -0.4 is 0 Å². The third-order valence-electron chi connectivity index (χ3n) is 11.7. The Morgan fingerprint density at radius 1 is 0.805 bits per heavy atom. The van der Waals surface area contributed by atoms with Crippen molar-refractivity contribution >= 4 is 0 Å². The molecule has 0 aromatic heterocycles. The van der Waals surface area contributed by atoms with Crippen LogP contribution in [0.4, 0.5) is 0 Å². The molecule has 5 saturated carbocycles. The fraction of sp³-hybridized carbons (Fsp3) is 1.00. The number of aliphatic hydroxyl groups is 10. The number of rotatable bonds is 6. The Kier molecular flexibility index (Phi) is 9.45. The Bertz CT molecular complexity index is 887. The molecular weight excluding hydrogens is 538 g/mol. The normalized spacial score (nSPS) is 53.0. The van der Waals surface area contributed by atoms with E-state index in [9.17, 15) is 51.1 Å². The summed E-state index contributed by atoms with van der Waals surface area (Å²) < 4.78 is 5.87. The maximum Gasteiger partial charge on any atom is 0.159 e. The first kappa shape index (κ1) is 31.9. The van der Waals surface area contributed by atoms with Crippen molar-refractivity contribution in [3.63, 3.8) is 0 Å². The van der Waals surface area contributed by atoms with Gasteiger partial charge in [0.2, 0.25) is 0 Å². The minimum atomic E-state index is -2.17. The molecule has 0 radical (unpaired) electrons. The monoisotopic (exact) mass is 589 g/mol. The topological polar surface area (TPSA) is 215 Å². The highest BCUT2D eigenvalue weighted by molar-refractivity contribution is 5.16. The minimum Gasteiger partial charge on any atom is -0.393 e. The maximum absolute atomic E-state index is 11.8. The highest BCUT2D eigenvalue weighted by Gasteiger charge is 2.67. The first-order valence-electron chi connectivity index (χ1n) is 15.4. The SMILES string of the molecule is CN(C)C1CC(CC(O)OC2CCC(O)CC2)C(O)C2C(O)C3C(O)[C@]4(O)C(O)C(C(O)O)C(O)C[C@@H]4C[C@@H]3CC21. The van der Waals surface area contributed by atoms with E-state index in [1.54, 1.807) is 0 Å². The van der Waals surface area contributed by atoms with Crippen molar-refractivity contribution in [1.82, 2.24) is 4.90 Å². The van der Waals surface area contributed by atoms with Crippen LogP contribution in [0.5, 0.6) is 0 Å². The second-order valence-corrected chi connectivity index (χ2v) is 14.1. The Morgan fingerprint density at radius 3 is 2.07 bits per heavy atom. The predicted octanol–water partition coefficient (Wildman–Crippen LogP) is -2.28. The molecular formula is C29H51NO11. The van der Waals surface area contributed by atoms with Crippen molar-refractivity contribution in [3.05, 3.63) is 0 Å². The molecule has 12 nitrogen and oxygen atoms in total. The third kappa shape index (κ3) is 5.62. The van der Waals surface area contributed by atoms with Gasteiger partial charge in [-0.3, -0.25) is 0 Å². The van der Waals surface area contributed by atoms with Crippen molar-refractivity contribution in [2.24, 2.45) is 41.4 Å². The molecule has 5 rings (SSSR count). The second-order valence-electron chi connectivity index (χ2n) is 14.1. The van der Waals surface area contributed by atoms with Gasteiger partial charge in [0, 0.05) is 24.3 Å². The number of ether oxygens (including phenoxy) is 1. The summed E-state index contributed by atoms with van der Waals surface area (Å²) in [4.78, 5) is 2.07. The standard InChI is InChI=1S/C29H51NO11/c1-30(2)18-9-13(10-20(33)41-16-5-3-15(31)4-6-16)24(34)22-17(18)8-12-7-14-11-19(32)23(28(38)39)27(37)29(14,40)26(36)21(12)25(22)35/h12-28,31-40H,3-11H2,1-2H3/t12-,13?,14+,15?,16?,17?,18?,19?,20?,21?,22?,23?,24?,25?,26?,27?,29+/m1/s1. The molecule has 238 valence electrons. The van der Waals surface area contributed by atoms with Gasteiger partial charge in [-0.1, -0.05) is 0 Å². The van der Waals surface area contributed by atoms with E-state index < -0.39 is 78.3 Å². The van der Waals surface area contributed by atoms with Gasteiger partial charge in [0.25, 0.3) is 0 Å². The first-order chi connectivity index (χ1) is 19.2. The van der Waals surface area contributed by atoms with E-state index in [1.165, 1.54) is 0 Å². The quantitative estimate of drug-likeness (QED) is 0.148. The summed E-state index contributed by atoms with van der Waals surface area (Å²) in [7, 11) is 3.88. The van der Waals surface area contributed by atoms with Crippen molar-refractivity contribution in [2.75, 3.05) is 14.1 Å². The largest absolute Gasteiger partial charge is 0.393 e. The molecule has 15 atom stereocenters. The Hall–Kier alpha value is -0.480. The van der Waals surface area contributed by atoms with E-state index in [0.29, 0.717) is 44.9 Å². The molecule has 0 aliphatic heterocycles. The van der Waals surface area contributed by atoms with Crippen LogP contribution >= 0.6 is 0 Å². The average molecular weight is 590 g/mol. The smallest absolute Gasteiger partial charge is 0.159 e. The van der Waals surface area contributed by atoms with Gasteiger partial charge < -0.3 is 60.7 Å². The van der Waals surface area contributed by atoms with E-state index in [4.69, 9.17) is 4.74 Å². The highest BCUT2D eigenvalue weighted by Crippen LogP contribution is 2.58. The Balaban J connectivity index is 1.36. The second kappa shape index (κ2) is 12.1. The van der Waals surface area contributed by atoms with Gasteiger partial charge in [-0.25, -0.2) is 0 Å². The lowest BCUT2D eigenvalue weighted by Gasteiger charge is -2.63. The highest BCUT2D eigenvalue weighted by atomic mass is 16.6. The summed E-state index contributed by atoms with van der Waals surface area (Å²) in [6.45, 7) is 0. The lowest BCUT2D eigenvalue weighted by molar-refractivity contribution is -0.307. The van der Waals surface area contributed by atoms with Crippen molar-refractivity contribution < 1.29 is 55.8 Å². The van der Waals surface area contributed by atoms with Gasteiger partial charge in [-0.2, -0.15) is 0 Å². The molecule has 12 unspecified atom stereocenters. The summed E-state index contributed by atoms with van der Waals surface area (Å²) in [5.74, 6) is -4.52. The zero-order valence-electron chi connectivity index (χ0n) is 24.0. The van der Waals surface area contributed by atoms with Crippen LogP contribution in [0.2, 0.25) is 0 Å². The summed E-state index contributed by atoms with van der Waals surface area (Å²) in [5, 5.41) is 108. The molecule has 5 fully saturated rings. The lowest BCUT2D eigenvalue weighted by Crippen LogP contribution is -2.74. The first-order valence-corrected chi connectivity index (χ1v) is 15.4. The van der Waals surface area contributed by atoms with Crippen molar-refractivity contribution in [1.29, 1.82) is 0 Å². The molecule has 0 bridgehead atoms. The predicted molar refractivity (Wildman–Crippen MR) is 144 cm³/mol. The molecule has 5 aliphatic rings. The number of hydrogen-bond acceptors (Lipinski definition) is 12. The number of hydrogen-bond donors (Lipinski definition) is 10. The molecule has 12 heteroatoms. The minimum absolute atomic E-state index is 0.0278. The molecule has 0 heterocycles. The fourth-order valence-electron chi connectivity index (χ4n) is 9.64. The summed E-state index contributed by atoms with van der Waals surface area (Å²) in [6, 6.07) is -0.0320. The van der Waals surface area contributed by atoms with Gasteiger partial charge in [-0.15, -0.1) is 0 Å². The van der Waals surface area contributed by atoms with Crippen molar-refractivity contribution in [2.45, 2.75) is 125 Å². The van der Waals surface area contributed by atoms with Gasteiger partial charge >= 0.3 is 0 Å². The van der Waals surface area contributed by atoms with Crippen LogP contribution in [0.15, 0.2) is 0 Å². The van der Waals surface area contributed by atoms with Crippen molar-refractivity contribution in [3.8, 4) is 0 Å². The van der Waals surface area contributed by atoms with Gasteiger partial charge in [0.1, 0.15) is 5.60 Å². The molecule has 0 saturated heterocycles. The fourth-order valence-corrected chi connectivity index (χ4v) is 9.64. The van der Waals surface area contributed by atoms with Gasteiger partial charge in [0.05, 0.1) is 48.6 Å². The molecule has 0 amide bonds. The van der Waals surface area contributed by atoms with Gasteiger partial charge in [-0.05, 0) is 89.1 Å². The third-order valence-corrected chi connectivity index (χ3v) is 11.7. The summed E-state index contributed by atoms with van der Waals surface area (Å²) in [6.07, 6.45) is -6.57. The van der Waals surface area contributed by atoms with Crippen LogP contribution in [-0.2, 0) is 4.74 Å². The van der Waals surface area contributed by atoms with E-state index >= 15 is 0 Å². The molecule has 0 aromatic carbocycles.